The molecule has 0 spiro atoms. The van der Waals surface area contributed by atoms with E-state index in [0.717, 1.165) is 75.3 Å². The highest BCUT2D eigenvalue weighted by Gasteiger charge is 2.26. The Hall–Kier alpha value is -3.16. The van der Waals surface area contributed by atoms with Gasteiger partial charge in [0, 0.05) is 71.2 Å². The molecule has 11 heteroatoms. The molecule has 330 valence electrons. The summed E-state index contributed by atoms with van der Waals surface area (Å²) in [6.45, 7) is 16.3. The Kier molecular flexibility index (Phi) is 20.9. The maximum absolute atomic E-state index is 14.2. The summed E-state index contributed by atoms with van der Waals surface area (Å²) in [6, 6.07) is 14.1. The van der Waals surface area contributed by atoms with Crippen molar-refractivity contribution in [3.05, 3.63) is 93.0 Å². The lowest BCUT2D eigenvalue weighted by molar-refractivity contribution is -0.120. The first kappa shape index (κ1) is 51.2. The lowest BCUT2D eigenvalue weighted by atomic mass is 9.83. The highest BCUT2D eigenvalue weighted by molar-refractivity contribution is 7.99. The summed E-state index contributed by atoms with van der Waals surface area (Å²) in [6.07, 6.45) is 6.36. The van der Waals surface area contributed by atoms with Crippen molar-refractivity contribution in [3.63, 3.8) is 0 Å². The van der Waals surface area contributed by atoms with Crippen molar-refractivity contribution in [2.45, 2.75) is 152 Å². The van der Waals surface area contributed by atoms with Crippen LogP contribution >= 0.6 is 23.5 Å². The third-order valence-corrected chi connectivity index (χ3v) is 13.3. The molecule has 0 aromatic heterocycles. The SMILES string of the molecule is CCCCCC(N)C(=O)Cc1cc(C(C)(C)C)cc(CC(=O)c2cccc(C(=O)Cc3cc(C(C)(C)C)cc(CC(=O)C(N)CCCCN)c3SCCN)c2)c1SCCN. The standard InChI is InChI=1S/C49H73N5O4S2/c1-8-9-10-16-40(53)44(57)30-36-26-38(48(2,3)4)24-34(46(36)59-21-19-51)28-42(55)32-14-13-15-33(23-32)43(56)29-35-25-39(49(5,6)7)27-37(47(35)60-22-20-52)31-45(58)41(54)17-11-12-18-50/h13-15,23-27,40-41H,8-12,16-22,28-31,50-54H2,1-7H3. The van der Waals surface area contributed by atoms with Gasteiger partial charge in [-0.25, -0.2) is 0 Å². The Bertz CT molecular complexity index is 1780. The van der Waals surface area contributed by atoms with Crippen LogP contribution in [0.1, 0.15) is 148 Å². The van der Waals surface area contributed by atoms with Gasteiger partial charge in [-0.05, 0) is 76.1 Å². The number of hydrogen-bond donors (Lipinski definition) is 5. The first-order valence-electron chi connectivity index (χ1n) is 21.8. The molecule has 0 fully saturated rings. The molecule has 0 aliphatic carbocycles. The molecule has 3 aromatic carbocycles. The average Bonchev–Trinajstić information content (AvgIpc) is 3.19. The summed E-state index contributed by atoms with van der Waals surface area (Å²) in [7, 11) is 0. The van der Waals surface area contributed by atoms with E-state index in [-0.39, 0.29) is 59.6 Å². The van der Waals surface area contributed by atoms with Crippen LogP contribution in [0.4, 0.5) is 0 Å². The second kappa shape index (κ2) is 24.5. The third-order valence-electron chi connectivity index (χ3n) is 10.8. The summed E-state index contributed by atoms with van der Waals surface area (Å²) in [4.78, 5) is 57.2. The Balaban J connectivity index is 2.01. The molecule has 0 saturated heterocycles. The molecule has 60 heavy (non-hydrogen) atoms. The number of nitrogens with two attached hydrogens (primary N) is 5. The molecule has 0 amide bonds. The van der Waals surface area contributed by atoms with E-state index in [1.54, 1.807) is 47.8 Å². The van der Waals surface area contributed by atoms with Gasteiger partial charge in [-0.2, -0.15) is 0 Å². The van der Waals surface area contributed by atoms with Crippen molar-refractivity contribution in [2.24, 2.45) is 28.7 Å². The molecular weight excluding hydrogens is 787 g/mol. The summed E-state index contributed by atoms with van der Waals surface area (Å²) in [5.41, 5.74) is 36.2. The minimum absolute atomic E-state index is 0.00602. The van der Waals surface area contributed by atoms with Crippen molar-refractivity contribution in [2.75, 3.05) is 31.1 Å². The average molecular weight is 860 g/mol. The van der Waals surface area contributed by atoms with Crippen molar-refractivity contribution >= 4 is 46.7 Å². The number of Topliss-reactive ketones (excluding diaryl/α,β-unsaturated/α-hetero) is 4. The quantitative estimate of drug-likeness (QED) is 0.0300. The van der Waals surface area contributed by atoms with Crippen LogP contribution in [0.15, 0.2) is 58.3 Å². The number of thioether (sulfide) groups is 2. The Morgan fingerprint density at radius 1 is 0.550 bits per heavy atom. The van der Waals surface area contributed by atoms with Gasteiger partial charge in [0.05, 0.1) is 12.1 Å². The number of hydrogen-bond acceptors (Lipinski definition) is 11. The molecule has 3 aromatic rings. The second-order valence-corrected chi connectivity index (χ2v) is 20.3. The van der Waals surface area contributed by atoms with Gasteiger partial charge in [0.1, 0.15) is 0 Å². The van der Waals surface area contributed by atoms with Gasteiger partial charge in [0.25, 0.3) is 0 Å². The van der Waals surface area contributed by atoms with E-state index < -0.39 is 12.1 Å². The van der Waals surface area contributed by atoms with Crippen LogP contribution in [-0.2, 0) is 46.1 Å². The first-order chi connectivity index (χ1) is 28.3. The van der Waals surface area contributed by atoms with E-state index >= 15 is 0 Å². The largest absolute Gasteiger partial charge is 0.330 e. The van der Waals surface area contributed by atoms with Crippen molar-refractivity contribution in [1.29, 1.82) is 0 Å². The molecule has 0 bridgehead atoms. The van der Waals surface area contributed by atoms with Crippen molar-refractivity contribution in [3.8, 4) is 0 Å². The summed E-state index contributed by atoms with van der Waals surface area (Å²) < 4.78 is 0. The van der Waals surface area contributed by atoms with Gasteiger partial charge in [-0.3, -0.25) is 19.2 Å². The molecule has 0 saturated carbocycles. The fraction of sp³-hybridized carbons (Fsp3) is 0.551. The van der Waals surface area contributed by atoms with Crippen LogP contribution in [0, 0.1) is 0 Å². The van der Waals surface area contributed by atoms with Gasteiger partial charge >= 0.3 is 0 Å². The molecule has 3 rings (SSSR count). The van der Waals surface area contributed by atoms with Crippen LogP contribution in [0.25, 0.3) is 0 Å². The highest BCUT2D eigenvalue weighted by atomic mass is 32.2. The van der Waals surface area contributed by atoms with E-state index in [1.165, 1.54) is 0 Å². The minimum atomic E-state index is -0.591. The van der Waals surface area contributed by atoms with E-state index in [1.807, 2.05) is 0 Å². The molecule has 10 N–H and O–H groups in total. The van der Waals surface area contributed by atoms with Gasteiger partial charge in [-0.15, -0.1) is 23.5 Å². The molecule has 0 heterocycles. The molecule has 2 atom stereocenters. The third kappa shape index (κ3) is 15.6. The zero-order chi connectivity index (χ0) is 44.6. The molecule has 0 aliphatic heterocycles. The Morgan fingerprint density at radius 3 is 1.28 bits per heavy atom. The van der Waals surface area contributed by atoms with Gasteiger partial charge < -0.3 is 28.7 Å². The normalized spacial score (nSPS) is 13.0. The van der Waals surface area contributed by atoms with Crippen molar-refractivity contribution < 1.29 is 19.2 Å². The van der Waals surface area contributed by atoms with E-state index in [9.17, 15) is 19.2 Å². The van der Waals surface area contributed by atoms with Crippen LogP contribution in [0.5, 0.6) is 0 Å². The molecular formula is C49H73N5O4S2. The molecule has 0 aliphatic rings. The summed E-state index contributed by atoms with van der Waals surface area (Å²) >= 11 is 3.12. The number of ketones is 4. The van der Waals surface area contributed by atoms with Crippen molar-refractivity contribution in [1.82, 2.24) is 0 Å². The molecule has 9 nitrogen and oxygen atoms in total. The first-order valence-corrected chi connectivity index (χ1v) is 23.7. The lowest BCUT2D eigenvalue weighted by Crippen LogP contribution is -2.32. The monoisotopic (exact) mass is 860 g/mol. The predicted octanol–water partition coefficient (Wildman–Crippen LogP) is 7.82. The summed E-state index contributed by atoms with van der Waals surface area (Å²) in [5.74, 6) is 0.936. The van der Waals surface area contributed by atoms with Crippen LogP contribution in [-0.4, -0.2) is 66.4 Å². The van der Waals surface area contributed by atoms with Gasteiger partial charge in [0.15, 0.2) is 23.1 Å². The van der Waals surface area contributed by atoms with Crippen LogP contribution < -0.4 is 28.7 Å². The van der Waals surface area contributed by atoms with Crippen LogP contribution in [0.2, 0.25) is 0 Å². The number of unbranched alkanes of at least 4 members (excludes halogenated alkanes) is 3. The number of rotatable bonds is 26. The number of carbonyl (C=O) groups is 4. The summed E-state index contributed by atoms with van der Waals surface area (Å²) in [5, 5.41) is 0. The maximum Gasteiger partial charge on any atom is 0.167 e. The Morgan fingerprint density at radius 2 is 0.933 bits per heavy atom. The number of carbonyl (C=O) groups excluding carboxylic acids is 4. The Labute approximate surface area is 368 Å². The highest BCUT2D eigenvalue weighted by Crippen LogP contribution is 2.36. The lowest BCUT2D eigenvalue weighted by Gasteiger charge is -2.24. The van der Waals surface area contributed by atoms with E-state index in [0.29, 0.717) is 55.1 Å². The zero-order valence-electron chi connectivity index (χ0n) is 37.4. The number of benzene rings is 3. The fourth-order valence-electron chi connectivity index (χ4n) is 7.09. The predicted molar refractivity (Wildman–Crippen MR) is 253 cm³/mol. The van der Waals surface area contributed by atoms with Gasteiger partial charge in [0.2, 0.25) is 0 Å². The minimum Gasteiger partial charge on any atom is -0.330 e. The maximum atomic E-state index is 14.2. The zero-order valence-corrected chi connectivity index (χ0v) is 39.1. The van der Waals surface area contributed by atoms with Gasteiger partial charge in [-0.1, -0.05) is 117 Å². The second-order valence-electron chi connectivity index (χ2n) is 18.1. The van der Waals surface area contributed by atoms with Crippen LogP contribution in [0.3, 0.4) is 0 Å². The molecule has 2 unspecified atom stereocenters. The van der Waals surface area contributed by atoms with E-state index in [2.05, 4.69) is 72.7 Å². The fourth-order valence-corrected chi connectivity index (χ4v) is 9.00. The molecule has 0 radical (unpaired) electrons. The topological polar surface area (TPSA) is 198 Å². The van der Waals surface area contributed by atoms with E-state index in [4.69, 9.17) is 28.7 Å². The smallest absolute Gasteiger partial charge is 0.167 e.